The zero-order chi connectivity index (χ0) is 19.3. The quantitative estimate of drug-likeness (QED) is 0.674. The van der Waals surface area contributed by atoms with Gasteiger partial charge in [0.05, 0.1) is 15.3 Å². The fourth-order valence-electron chi connectivity index (χ4n) is 2.66. The summed E-state index contributed by atoms with van der Waals surface area (Å²) >= 11 is 1.20. The van der Waals surface area contributed by atoms with E-state index in [9.17, 15) is 26.4 Å². The van der Waals surface area contributed by atoms with Crippen molar-refractivity contribution in [3.63, 3.8) is 0 Å². The van der Waals surface area contributed by atoms with Crippen LogP contribution in [0.15, 0.2) is 47.4 Å². The maximum absolute atomic E-state index is 13.0. The summed E-state index contributed by atoms with van der Waals surface area (Å²) in [6, 6.07) is 9.49. The Morgan fingerprint density at radius 1 is 1.12 bits per heavy atom. The summed E-state index contributed by atoms with van der Waals surface area (Å²) in [5.74, 6) is -0.553. The lowest BCUT2D eigenvalue weighted by Gasteiger charge is -2.12. The summed E-state index contributed by atoms with van der Waals surface area (Å²) in [7, 11) is -4.66. The van der Waals surface area contributed by atoms with Crippen LogP contribution in [0.2, 0.25) is 0 Å². The van der Waals surface area contributed by atoms with Gasteiger partial charge in [-0.25, -0.2) is 13.6 Å². The zero-order valence-corrected chi connectivity index (χ0v) is 14.9. The van der Waals surface area contributed by atoms with Gasteiger partial charge in [-0.1, -0.05) is 24.3 Å². The van der Waals surface area contributed by atoms with Crippen LogP contribution < -0.4 is 5.14 Å². The van der Waals surface area contributed by atoms with Crippen molar-refractivity contribution in [2.24, 2.45) is 5.14 Å². The minimum atomic E-state index is -4.91. The molecular weight excluding hydrogens is 387 g/mol. The maximum Gasteiger partial charge on any atom is 0.417 e. The number of sulfonamides is 1. The molecule has 0 aliphatic carbocycles. The van der Waals surface area contributed by atoms with Crippen molar-refractivity contribution in [1.82, 2.24) is 0 Å². The van der Waals surface area contributed by atoms with E-state index in [1.54, 1.807) is 6.92 Å². The number of fused-ring (bicyclic) bond motifs is 1. The van der Waals surface area contributed by atoms with E-state index in [-0.39, 0.29) is 5.56 Å². The van der Waals surface area contributed by atoms with E-state index in [2.05, 4.69) is 0 Å². The van der Waals surface area contributed by atoms with Crippen LogP contribution in [0.4, 0.5) is 13.2 Å². The van der Waals surface area contributed by atoms with Gasteiger partial charge >= 0.3 is 6.18 Å². The molecule has 0 aliphatic rings. The van der Waals surface area contributed by atoms with Crippen LogP contribution >= 0.6 is 11.3 Å². The molecule has 1 heterocycles. The standard InChI is InChI=1S/C17H12F3NO3S2/c1-9-11-4-2-3-5-13(11)25-16(9)15(22)10-6-7-12(17(18,19)20)14(8-10)26(21,23)24/h2-8H,1H3,(H2,21,23,24). The third-order valence-electron chi connectivity index (χ3n) is 3.91. The summed E-state index contributed by atoms with van der Waals surface area (Å²) in [6.07, 6.45) is -4.91. The van der Waals surface area contributed by atoms with Crippen LogP contribution in [0.1, 0.15) is 26.4 Å². The number of primary sulfonamides is 1. The molecule has 26 heavy (non-hydrogen) atoms. The van der Waals surface area contributed by atoms with Crippen molar-refractivity contribution >= 4 is 37.2 Å². The van der Waals surface area contributed by atoms with Gasteiger partial charge in [-0.15, -0.1) is 11.3 Å². The number of benzene rings is 2. The summed E-state index contributed by atoms with van der Waals surface area (Å²) in [4.78, 5) is 12.0. The molecule has 3 rings (SSSR count). The number of hydrogen-bond donors (Lipinski definition) is 1. The molecule has 0 saturated heterocycles. The first kappa shape index (κ1) is 18.6. The second-order valence-corrected chi connectivity index (χ2v) is 8.22. The number of hydrogen-bond acceptors (Lipinski definition) is 4. The Morgan fingerprint density at radius 3 is 2.35 bits per heavy atom. The van der Waals surface area contributed by atoms with Crippen LogP contribution in [-0.2, 0) is 16.2 Å². The fraction of sp³-hybridized carbons (Fsp3) is 0.118. The van der Waals surface area contributed by atoms with Gasteiger partial charge in [-0.2, -0.15) is 13.2 Å². The highest BCUT2D eigenvalue weighted by molar-refractivity contribution is 7.89. The Kier molecular flexibility index (Phi) is 4.41. The first-order valence-electron chi connectivity index (χ1n) is 7.27. The Morgan fingerprint density at radius 2 is 1.77 bits per heavy atom. The molecule has 0 amide bonds. The molecule has 0 atom stereocenters. The Balaban J connectivity index is 2.17. The molecule has 0 spiro atoms. The number of alkyl halides is 3. The number of thiophene rings is 1. The molecule has 9 heteroatoms. The predicted molar refractivity (Wildman–Crippen MR) is 92.8 cm³/mol. The average Bonchev–Trinajstić information content (AvgIpc) is 2.89. The van der Waals surface area contributed by atoms with E-state index in [0.717, 1.165) is 16.2 Å². The van der Waals surface area contributed by atoms with Crippen LogP contribution in [0, 0.1) is 6.92 Å². The molecule has 0 fully saturated rings. The number of carbonyl (C=O) groups excluding carboxylic acids is 1. The lowest BCUT2D eigenvalue weighted by Crippen LogP contribution is -2.20. The van der Waals surface area contributed by atoms with Crippen molar-refractivity contribution < 1.29 is 26.4 Å². The molecule has 0 radical (unpaired) electrons. The normalized spacial score (nSPS) is 12.5. The number of halogens is 3. The van der Waals surface area contributed by atoms with Gasteiger partial charge in [0.1, 0.15) is 0 Å². The Hall–Kier alpha value is -2.23. The molecule has 3 aromatic rings. The van der Waals surface area contributed by atoms with Crippen molar-refractivity contribution in [3.05, 3.63) is 64.0 Å². The van der Waals surface area contributed by atoms with Crippen molar-refractivity contribution in [2.75, 3.05) is 0 Å². The number of nitrogens with two attached hydrogens (primary N) is 1. The fourth-order valence-corrected chi connectivity index (χ4v) is 4.61. The smallest absolute Gasteiger partial charge is 0.288 e. The zero-order valence-electron chi connectivity index (χ0n) is 13.3. The Bertz CT molecular complexity index is 1130. The van der Waals surface area contributed by atoms with E-state index < -0.39 is 32.4 Å². The summed E-state index contributed by atoms with van der Waals surface area (Å²) < 4.78 is 63.1. The van der Waals surface area contributed by atoms with E-state index in [4.69, 9.17) is 5.14 Å². The van der Waals surface area contributed by atoms with E-state index in [0.29, 0.717) is 22.6 Å². The predicted octanol–water partition coefficient (Wildman–Crippen LogP) is 4.11. The lowest BCUT2D eigenvalue weighted by molar-refractivity contribution is -0.139. The van der Waals surface area contributed by atoms with Gasteiger partial charge in [0.25, 0.3) is 0 Å². The minimum absolute atomic E-state index is 0.170. The second-order valence-electron chi connectivity index (χ2n) is 5.64. The number of aryl methyl sites for hydroxylation is 1. The second kappa shape index (κ2) is 6.19. The molecule has 136 valence electrons. The van der Waals surface area contributed by atoms with E-state index in [1.807, 2.05) is 24.3 Å². The van der Waals surface area contributed by atoms with Crippen LogP contribution in [0.25, 0.3) is 10.1 Å². The first-order chi connectivity index (χ1) is 12.0. The maximum atomic E-state index is 13.0. The highest BCUT2D eigenvalue weighted by Gasteiger charge is 2.37. The molecule has 2 N–H and O–H groups in total. The first-order valence-corrected chi connectivity index (χ1v) is 9.63. The number of rotatable bonds is 3. The monoisotopic (exact) mass is 399 g/mol. The lowest BCUT2D eigenvalue weighted by atomic mass is 10.0. The van der Waals surface area contributed by atoms with Crippen LogP contribution in [-0.4, -0.2) is 14.2 Å². The molecular formula is C17H12F3NO3S2. The molecule has 1 aromatic heterocycles. The topological polar surface area (TPSA) is 77.2 Å². The molecule has 0 bridgehead atoms. The summed E-state index contributed by atoms with van der Waals surface area (Å²) in [6.45, 7) is 1.73. The van der Waals surface area contributed by atoms with Crippen LogP contribution in [0.5, 0.6) is 0 Å². The summed E-state index contributed by atoms with van der Waals surface area (Å²) in [5, 5.41) is 5.78. The van der Waals surface area contributed by atoms with Crippen LogP contribution in [0.3, 0.4) is 0 Å². The largest absolute Gasteiger partial charge is 0.417 e. The SMILES string of the molecule is Cc1c(C(=O)c2ccc(C(F)(F)F)c(S(N)(=O)=O)c2)sc2ccccc12. The van der Waals surface area contributed by atoms with Gasteiger partial charge in [0, 0.05) is 10.3 Å². The number of carbonyl (C=O) groups is 1. The molecule has 0 unspecified atom stereocenters. The highest BCUT2D eigenvalue weighted by Crippen LogP contribution is 2.36. The third-order valence-corrected chi connectivity index (χ3v) is 6.13. The molecule has 0 saturated carbocycles. The summed E-state index contributed by atoms with van der Waals surface area (Å²) in [5.41, 5.74) is -0.881. The van der Waals surface area contributed by atoms with Gasteiger partial charge in [-0.05, 0) is 36.1 Å². The minimum Gasteiger partial charge on any atom is -0.288 e. The van der Waals surface area contributed by atoms with Crippen molar-refractivity contribution in [2.45, 2.75) is 18.0 Å². The van der Waals surface area contributed by atoms with E-state index >= 15 is 0 Å². The van der Waals surface area contributed by atoms with Crippen molar-refractivity contribution in [3.8, 4) is 0 Å². The van der Waals surface area contributed by atoms with Crippen molar-refractivity contribution in [1.29, 1.82) is 0 Å². The van der Waals surface area contributed by atoms with Gasteiger partial charge in [-0.3, -0.25) is 4.79 Å². The molecule has 4 nitrogen and oxygen atoms in total. The number of ketones is 1. The Labute approximate surface area is 151 Å². The average molecular weight is 399 g/mol. The molecule has 0 aliphatic heterocycles. The highest BCUT2D eigenvalue weighted by atomic mass is 32.2. The van der Waals surface area contributed by atoms with Gasteiger partial charge in [0.15, 0.2) is 0 Å². The third kappa shape index (κ3) is 3.25. The van der Waals surface area contributed by atoms with Gasteiger partial charge in [0.2, 0.25) is 15.8 Å². The molecule has 2 aromatic carbocycles. The van der Waals surface area contributed by atoms with Gasteiger partial charge < -0.3 is 0 Å². The van der Waals surface area contributed by atoms with E-state index in [1.165, 1.54) is 11.3 Å².